The van der Waals surface area contributed by atoms with Crippen molar-refractivity contribution in [2.75, 3.05) is 0 Å². The van der Waals surface area contributed by atoms with E-state index in [2.05, 4.69) is 5.32 Å². The lowest BCUT2D eigenvalue weighted by atomic mass is 10.2. The van der Waals surface area contributed by atoms with E-state index in [4.69, 9.17) is 0 Å². The summed E-state index contributed by atoms with van der Waals surface area (Å²) < 4.78 is 3.18. The van der Waals surface area contributed by atoms with Gasteiger partial charge in [0.25, 0.3) is 5.56 Å². The van der Waals surface area contributed by atoms with E-state index >= 15 is 0 Å². The van der Waals surface area contributed by atoms with Crippen LogP contribution >= 0.6 is 11.3 Å². The average molecular weight is 337 g/mol. The summed E-state index contributed by atoms with van der Waals surface area (Å²) in [5.41, 5.74) is -0.127. The van der Waals surface area contributed by atoms with Gasteiger partial charge in [0.05, 0.1) is 5.52 Å². The van der Waals surface area contributed by atoms with E-state index in [-0.39, 0.29) is 24.1 Å². The molecule has 1 N–H and O–H groups in total. The number of aromatic nitrogens is 2. The van der Waals surface area contributed by atoms with E-state index in [9.17, 15) is 14.4 Å². The number of thiophene rings is 1. The van der Waals surface area contributed by atoms with E-state index < -0.39 is 5.69 Å². The first-order valence-electron chi connectivity index (χ1n) is 7.99. The summed E-state index contributed by atoms with van der Waals surface area (Å²) in [5, 5.41) is 4.63. The maximum atomic E-state index is 12.6. The van der Waals surface area contributed by atoms with Crippen LogP contribution in [0.25, 0.3) is 10.2 Å². The lowest BCUT2D eigenvalue weighted by Crippen LogP contribution is -2.43. The van der Waals surface area contributed by atoms with Crippen molar-refractivity contribution in [1.29, 1.82) is 0 Å². The fourth-order valence-electron chi connectivity index (χ4n) is 2.37. The van der Waals surface area contributed by atoms with Gasteiger partial charge in [0.2, 0.25) is 5.91 Å². The van der Waals surface area contributed by atoms with Gasteiger partial charge in [-0.3, -0.25) is 18.7 Å². The minimum atomic E-state index is -0.409. The second-order valence-corrected chi connectivity index (χ2v) is 6.61. The van der Waals surface area contributed by atoms with E-state index in [1.54, 1.807) is 11.4 Å². The average Bonchev–Trinajstić information content (AvgIpc) is 3.01. The molecule has 0 bridgehead atoms. The molecule has 126 valence electrons. The summed E-state index contributed by atoms with van der Waals surface area (Å²) in [7, 11) is 0. The SMILES string of the molecule is CCCCn1c(=O)c2sccc2n(CC(=O)N[C@H](C)CC)c1=O. The van der Waals surface area contributed by atoms with Gasteiger partial charge in [-0.1, -0.05) is 20.3 Å². The summed E-state index contributed by atoms with van der Waals surface area (Å²) in [4.78, 5) is 37.2. The van der Waals surface area contributed by atoms with Crippen LogP contribution in [0.4, 0.5) is 0 Å². The van der Waals surface area contributed by atoms with Crippen molar-refractivity contribution < 1.29 is 4.79 Å². The Balaban J connectivity index is 2.46. The minimum Gasteiger partial charge on any atom is -0.352 e. The molecular formula is C16H23N3O3S. The molecule has 0 unspecified atom stereocenters. The van der Waals surface area contributed by atoms with Crippen LogP contribution in [-0.2, 0) is 17.9 Å². The third-order valence-electron chi connectivity index (χ3n) is 3.89. The molecule has 0 spiro atoms. The molecule has 2 aromatic rings. The topological polar surface area (TPSA) is 73.1 Å². The van der Waals surface area contributed by atoms with Crippen molar-refractivity contribution in [3.63, 3.8) is 0 Å². The third-order valence-corrected chi connectivity index (χ3v) is 4.78. The van der Waals surface area contributed by atoms with Crippen LogP contribution in [0.1, 0.15) is 40.0 Å². The largest absolute Gasteiger partial charge is 0.352 e. The lowest BCUT2D eigenvalue weighted by molar-refractivity contribution is -0.122. The predicted molar refractivity (Wildman–Crippen MR) is 93.1 cm³/mol. The number of carbonyl (C=O) groups excluding carboxylic acids is 1. The second kappa shape index (κ2) is 7.59. The van der Waals surface area contributed by atoms with Crippen molar-refractivity contribution >= 4 is 27.5 Å². The normalized spacial score (nSPS) is 12.5. The van der Waals surface area contributed by atoms with Crippen LogP contribution in [0, 0.1) is 0 Å². The zero-order valence-corrected chi connectivity index (χ0v) is 14.6. The Hall–Kier alpha value is -1.89. The maximum absolute atomic E-state index is 12.6. The highest BCUT2D eigenvalue weighted by Crippen LogP contribution is 2.15. The number of amides is 1. The number of hydrogen-bond donors (Lipinski definition) is 1. The number of rotatable bonds is 7. The second-order valence-electron chi connectivity index (χ2n) is 5.69. The molecule has 0 saturated heterocycles. The summed E-state index contributed by atoms with van der Waals surface area (Å²) in [6.45, 7) is 6.23. The fourth-order valence-corrected chi connectivity index (χ4v) is 3.21. The number of fused-ring (bicyclic) bond motifs is 1. The first kappa shape index (κ1) is 17.5. The maximum Gasteiger partial charge on any atom is 0.332 e. The minimum absolute atomic E-state index is 0.0576. The standard InChI is InChI=1S/C16H23N3O3S/c1-4-6-8-18-15(21)14-12(7-9-23-14)19(16(18)22)10-13(20)17-11(3)5-2/h7,9,11H,4-6,8,10H2,1-3H3,(H,17,20)/t11-/m1/s1. The monoisotopic (exact) mass is 337 g/mol. The molecule has 1 amide bonds. The quantitative estimate of drug-likeness (QED) is 0.839. The highest BCUT2D eigenvalue weighted by Gasteiger charge is 2.16. The van der Waals surface area contributed by atoms with E-state index in [1.165, 1.54) is 20.5 Å². The van der Waals surface area contributed by atoms with Gasteiger partial charge < -0.3 is 5.32 Å². The van der Waals surface area contributed by atoms with Crippen LogP contribution in [0.5, 0.6) is 0 Å². The number of nitrogens with zero attached hydrogens (tertiary/aromatic N) is 2. The van der Waals surface area contributed by atoms with Gasteiger partial charge in [-0.05, 0) is 31.2 Å². The Morgan fingerprint density at radius 1 is 1.30 bits per heavy atom. The highest BCUT2D eigenvalue weighted by molar-refractivity contribution is 7.17. The summed E-state index contributed by atoms with van der Waals surface area (Å²) in [6, 6.07) is 1.78. The van der Waals surface area contributed by atoms with E-state index in [1.807, 2.05) is 20.8 Å². The zero-order valence-electron chi connectivity index (χ0n) is 13.8. The van der Waals surface area contributed by atoms with Gasteiger partial charge >= 0.3 is 5.69 Å². The Labute approximate surface area is 138 Å². The van der Waals surface area contributed by atoms with Crippen molar-refractivity contribution in [3.05, 3.63) is 32.3 Å². The summed E-state index contributed by atoms with van der Waals surface area (Å²) in [6.07, 6.45) is 2.47. The molecular weight excluding hydrogens is 314 g/mol. The van der Waals surface area contributed by atoms with Crippen LogP contribution in [0.15, 0.2) is 21.0 Å². The number of unbranched alkanes of at least 4 members (excludes halogenated alkanes) is 1. The van der Waals surface area contributed by atoms with Gasteiger partial charge in [-0.25, -0.2) is 4.79 Å². The predicted octanol–water partition coefficient (Wildman–Crippen LogP) is 1.94. The molecule has 2 aromatic heterocycles. The molecule has 0 aromatic carbocycles. The van der Waals surface area contributed by atoms with Crippen molar-refractivity contribution in [2.24, 2.45) is 0 Å². The molecule has 23 heavy (non-hydrogen) atoms. The molecule has 6 nitrogen and oxygen atoms in total. The lowest BCUT2D eigenvalue weighted by Gasteiger charge is -2.14. The Morgan fingerprint density at radius 3 is 2.70 bits per heavy atom. The number of hydrogen-bond acceptors (Lipinski definition) is 4. The molecule has 7 heteroatoms. The van der Waals surface area contributed by atoms with Gasteiger partial charge in [0.1, 0.15) is 11.2 Å². The Morgan fingerprint density at radius 2 is 2.04 bits per heavy atom. The number of nitrogens with one attached hydrogen (secondary N) is 1. The third kappa shape index (κ3) is 3.72. The van der Waals surface area contributed by atoms with E-state index in [0.717, 1.165) is 19.3 Å². The molecule has 0 aliphatic rings. The van der Waals surface area contributed by atoms with Crippen molar-refractivity contribution in [2.45, 2.75) is 59.2 Å². The molecule has 0 saturated carbocycles. The summed E-state index contributed by atoms with van der Waals surface area (Å²) >= 11 is 1.31. The van der Waals surface area contributed by atoms with Crippen LogP contribution in [0.2, 0.25) is 0 Å². The molecule has 0 fully saturated rings. The molecule has 1 atom stereocenters. The van der Waals surface area contributed by atoms with Gasteiger partial charge in [-0.2, -0.15) is 0 Å². The molecule has 0 aliphatic heterocycles. The first-order valence-corrected chi connectivity index (χ1v) is 8.87. The van der Waals surface area contributed by atoms with Crippen molar-refractivity contribution in [1.82, 2.24) is 14.5 Å². The Bertz CT molecular complexity index is 803. The molecule has 0 aliphatic carbocycles. The first-order chi connectivity index (χ1) is 11.0. The molecule has 2 heterocycles. The van der Waals surface area contributed by atoms with Gasteiger partial charge in [-0.15, -0.1) is 11.3 Å². The van der Waals surface area contributed by atoms with Gasteiger partial charge in [0, 0.05) is 12.6 Å². The smallest absolute Gasteiger partial charge is 0.332 e. The van der Waals surface area contributed by atoms with Gasteiger partial charge in [0.15, 0.2) is 0 Å². The van der Waals surface area contributed by atoms with E-state index in [0.29, 0.717) is 16.8 Å². The molecule has 0 radical (unpaired) electrons. The zero-order chi connectivity index (χ0) is 17.0. The summed E-state index contributed by atoms with van der Waals surface area (Å²) in [5.74, 6) is -0.213. The van der Waals surface area contributed by atoms with Crippen LogP contribution < -0.4 is 16.6 Å². The molecule has 2 rings (SSSR count). The van der Waals surface area contributed by atoms with Crippen molar-refractivity contribution in [3.8, 4) is 0 Å². The van der Waals surface area contributed by atoms with Crippen LogP contribution in [-0.4, -0.2) is 21.1 Å². The van der Waals surface area contributed by atoms with Crippen LogP contribution in [0.3, 0.4) is 0 Å². The highest BCUT2D eigenvalue weighted by atomic mass is 32.1. The number of carbonyl (C=O) groups is 1. The fraction of sp³-hybridized carbons (Fsp3) is 0.562. The Kier molecular flexibility index (Phi) is 5.76.